The van der Waals surface area contributed by atoms with Gasteiger partial charge in [-0.15, -0.1) is 12.4 Å². The molecule has 0 saturated heterocycles. The lowest BCUT2D eigenvalue weighted by atomic mass is 9.90. The van der Waals surface area contributed by atoms with Gasteiger partial charge < -0.3 is 14.4 Å². The fraction of sp³-hybridized carbons (Fsp3) is 0.350. The second kappa shape index (κ2) is 10.1. The average Bonchev–Trinajstić information content (AvgIpc) is 2.60. The molecule has 2 aromatic carbocycles. The summed E-state index contributed by atoms with van der Waals surface area (Å²) in [6.07, 6.45) is 0.706. The molecular formula is C20H26ClNO3. The summed E-state index contributed by atoms with van der Waals surface area (Å²) in [5, 5.41) is 0. The van der Waals surface area contributed by atoms with Gasteiger partial charge in [-0.25, -0.2) is 0 Å². The summed E-state index contributed by atoms with van der Waals surface area (Å²) in [5.41, 5.74) is 1.78. The summed E-state index contributed by atoms with van der Waals surface area (Å²) in [4.78, 5) is 15.1. The third-order valence-electron chi connectivity index (χ3n) is 3.92. The van der Waals surface area contributed by atoms with Crippen LogP contribution in [0.15, 0.2) is 48.5 Å². The van der Waals surface area contributed by atoms with Gasteiger partial charge in [-0.3, -0.25) is 4.79 Å². The maximum atomic E-state index is 13.1. The second-order valence-electron chi connectivity index (χ2n) is 6.11. The Kier molecular flexibility index (Phi) is 8.46. The van der Waals surface area contributed by atoms with E-state index in [1.165, 1.54) is 0 Å². The first kappa shape index (κ1) is 21.0. The number of Topliss-reactive ketones (excluding diaryl/α,β-unsaturated/α-hetero) is 1. The predicted molar refractivity (Wildman–Crippen MR) is 103 cm³/mol. The zero-order valence-corrected chi connectivity index (χ0v) is 16.0. The number of ketones is 1. The molecule has 0 heterocycles. The number of nitrogens with zero attached hydrogens (tertiary/aromatic N) is 1. The van der Waals surface area contributed by atoms with Crippen LogP contribution in [-0.2, 0) is 6.42 Å². The Morgan fingerprint density at radius 3 is 2.04 bits per heavy atom. The fourth-order valence-corrected chi connectivity index (χ4v) is 2.76. The molecule has 0 aliphatic rings. The highest BCUT2D eigenvalue weighted by molar-refractivity contribution is 5.99. The van der Waals surface area contributed by atoms with Crippen molar-refractivity contribution >= 4 is 18.2 Å². The number of halogens is 1. The Morgan fingerprint density at radius 1 is 1.00 bits per heavy atom. The minimum absolute atomic E-state index is 0. The van der Waals surface area contributed by atoms with E-state index in [1.807, 2.05) is 37.2 Å². The third-order valence-corrected chi connectivity index (χ3v) is 3.92. The Bertz CT molecular complexity index is 652. The maximum absolute atomic E-state index is 13.1. The minimum atomic E-state index is -0.126. The van der Waals surface area contributed by atoms with Crippen LogP contribution < -0.4 is 9.47 Å². The summed E-state index contributed by atoms with van der Waals surface area (Å²) < 4.78 is 10.6. The zero-order chi connectivity index (χ0) is 17.5. The van der Waals surface area contributed by atoms with E-state index in [4.69, 9.17) is 9.47 Å². The molecule has 0 saturated carbocycles. The van der Waals surface area contributed by atoms with Gasteiger partial charge in [0.2, 0.25) is 0 Å². The highest BCUT2D eigenvalue weighted by atomic mass is 35.5. The largest absolute Gasteiger partial charge is 0.497 e. The van der Waals surface area contributed by atoms with E-state index in [-0.39, 0.29) is 24.1 Å². The molecule has 0 aromatic heterocycles. The van der Waals surface area contributed by atoms with E-state index in [2.05, 4.69) is 12.1 Å². The topological polar surface area (TPSA) is 38.8 Å². The first-order chi connectivity index (χ1) is 11.5. The van der Waals surface area contributed by atoms with Gasteiger partial charge in [0.05, 0.1) is 14.2 Å². The highest BCUT2D eigenvalue weighted by Crippen LogP contribution is 2.25. The molecular weight excluding hydrogens is 338 g/mol. The van der Waals surface area contributed by atoms with Crippen molar-refractivity contribution in [2.45, 2.75) is 6.42 Å². The summed E-state index contributed by atoms with van der Waals surface area (Å²) in [6, 6.07) is 15.4. The van der Waals surface area contributed by atoms with Gasteiger partial charge in [0.1, 0.15) is 11.5 Å². The molecule has 1 unspecified atom stereocenters. The molecule has 136 valence electrons. The Labute approximate surface area is 156 Å². The molecule has 4 nitrogen and oxygen atoms in total. The van der Waals surface area contributed by atoms with Crippen molar-refractivity contribution in [1.29, 1.82) is 0 Å². The van der Waals surface area contributed by atoms with E-state index in [0.29, 0.717) is 30.0 Å². The second-order valence-corrected chi connectivity index (χ2v) is 6.11. The van der Waals surface area contributed by atoms with Crippen molar-refractivity contribution in [2.75, 3.05) is 34.9 Å². The van der Waals surface area contributed by atoms with Gasteiger partial charge in [0.25, 0.3) is 0 Å². The summed E-state index contributed by atoms with van der Waals surface area (Å²) in [7, 11) is 7.14. The normalized spacial score (nSPS) is 11.6. The lowest BCUT2D eigenvalue weighted by Gasteiger charge is -2.21. The van der Waals surface area contributed by atoms with E-state index < -0.39 is 0 Å². The van der Waals surface area contributed by atoms with Crippen LogP contribution in [0.3, 0.4) is 0 Å². The van der Waals surface area contributed by atoms with Gasteiger partial charge in [0, 0.05) is 24.1 Å². The Hall–Kier alpha value is -2.04. The monoisotopic (exact) mass is 363 g/mol. The van der Waals surface area contributed by atoms with Crippen molar-refractivity contribution in [3.63, 3.8) is 0 Å². The number of hydrogen-bond donors (Lipinski definition) is 0. The van der Waals surface area contributed by atoms with Crippen LogP contribution in [-0.4, -0.2) is 45.5 Å². The highest BCUT2D eigenvalue weighted by Gasteiger charge is 2.22. The van der Waals surface area contributed by atoms with Crippen molar-refractivity contribution in [3.8, 4) is 11.5 Å². The first-order valence-corrected chi connectivity index (χ1v) is 7.99. The number of carbonyl (C=O) groups is 1. The van der Waals surface area contributed by atoms with E-state index in [0.717, 1.165) is 5.56 Å². The summed E-state index contributed by atoms with van der Waals surface area (Å²) in [5.74, 6) is 1.23. The Balaban J connectivity index is 0.00000312. The van der Waals surface area contributed by atoms with Gasteiger partial charge in [-0.2, -0.15) is 0 Å². The molecule has 0 aliphatic heterocycles. The molecule has 5 heteroatoms. The summed E-state index contributed by atoms with van der Waals surface area (Å²) >= 11 is 0. The van der Waals surface area contributed by atoms with E-state index >= 15 is 0 Å². The average molecular weight is 364 g/mol. The minimum Gasteiger partial charge on any atom is -0.497 e. The number of carbonyl (C=O) groups excluding carboxylic acids is 1. The van der Waals surface area contributed by atoms with Crippen LogP contribution in [0.2, 0.25) is 0 Å². The van der Waals surface area contributed by atoms with Crippen LogP contribution in [0.25, 0.3) is 0 Å². The van der Waals surface area contributed by atoms with Crippen LogP contribution in [0.4, 0.5) is 0 Å². The van der Waals surface area contributed by atoms with Crippen molar-refractivity contribution in [2.24, 2.45) is 5.92 Å². The van der Waals surface area contributed by atoms with Gasteiger partial charge in [0.15, 0.2) is 5.78 Å². The fourth-order valence-electron chi connectivity index (χ4n) is 2.76. The smallest absolute Gasteiger partial charge is 0.167 e. The van der Waals surface area contributed by atoms with E-state index in [9.17, 15) is 4.79 Å². The third kappa shape index (κ3) is 6.07. The molecule has 2 rings (SSSR count). The number of benzene rings is 2. The lowest BCUT2D eigenvalue weighted by Crippen LogP contribution is -2.29. The van der Waals surface area contributed by atoms with E-state index in [1.54, 1.807) is 32.4 Å². The molecule has 0 amide bonds. The molecule has 0 radical (unpaired) electrons. The standard InChI is InChI=1S/C20H25NO3.ClH/c1-21(2)14-17(10-15-8-6-5-7-9-15)20(22)16-11-18(23-3)13-19(12-16)24-4;/h5-9,11-13,17H,10,14H2,1-4H3;1H. The van der Waals surface area contributed by atoms with Crippen LogP contribution >= 0.6 is 12.4 Å². The van der Waals surface area contributed by atoms with Gasteiger partial charge in [-0.05, 0) is 38.2 Å². The first-order valence-electron chi connectivity index (χ1n) is 7.99. The number of methoxy groups -OCH3 is 2. The zero-order valence-electron chi connectivity index (χ0n) is 15.2. The lowest BCUT2D eigenvalue weighted by molar-refractivity contribution is 0.0896. The molecule has 1 atom stereocenters. The summed E-state index contributed by atoms with van der Waals surface area (Å²) in [6.45, 7) is 0.688. The molecule has 25 heavy (non-hydrogen) atoms. The van der Waals surface area contributed by atoms with Crippen molar-refractivity contribution in [3.05, 3.63) is 59.7 Å². The quantitative estimate of drug-likeness (QED) is 0.670. The predicted octanol–water partition coefficient (Wildman–Crippen LogP) is 3.73. The van der Waals surface area contributed by atoms with Gasteiger partial charge in [-0.1, -0.05) is 30.3 Å². The van der Waals surface area contributed by atoms with Crippen LogP contribution in [0, 0.1) is 5.92 Å². The molecule has 0 N–H and O–H groups in total. The molecule has 0 bridgehead atoms. The maximum Gasteiger partial charge on any atom is 0.167 e. The molecule has 0 spiro atoms. The SMILES string of the molecule is COc1cc(OC)cc(C(=O)C(Cc2ccccc2)CN(C)C)c1.Cl. The molecule has 0 aliphatic carbocycles. The molecule has 0 fully saturated rings. The van der Waals surface area contributed by atoms with Gasteiger partial charge >= 0.3 is 0 Å². The van der Waals surface area contributed by atoms with Crippen molar-refractivity contribution < 1.29 is 14.3 Å². The van der Waals surface area contributed by atoms with Crippen molar-refractivity contribution in [1.82, 2.24) is 4.90 Å². The number of ether oxygens (including phenoxy) is 2. The Morgan fingerprint density at radius 2 is 1.56 bits per heavy atom. The van der Waals surface area contributed by atoms with Crippen LogP contribution in [0.5, 0.6) is 11.5 Å². The van der Waals surface area contributed by atoms with Crippen LogP contribution in [0.1, 0.15) is 15.9 Å². The number of hydrogen-bond acceptors (Lipinski definition) is 4. The number of rotatable bonds is 8. The molecule has 2 aromatic rings.